The predicted molar refractivity (Wildman–Crippen MR) is 82.2 cm³/mol. The summed E-state index contributed by atoms with van der Waals surface area (Å²) in [5.41, 5.74) is -1.90. The van der Waals surface area contributed by atoms with Crippen LogP contribution in [0.25, 0.3) is 0 Å². The molecule has 0 bridgehead atoms. The van der Waals surface area contributed by atoms with Crippen LogP contribution in [0.2, 0.25) is 0 Å². The van der Waals surface area contributed by atoms with Crippen molar-refractivity contribution in [2.75, 3.05) is 13.1 Å². The number of hydrogen-bond acceptors (Lipinski definition) is 4. The number of nitrogens with zero attached hydrogens (tertiary/aromatic N) is 3. The number of carbonyl (C=O) groups excluding carboxylic acids is 2. The summed E-state index contributed by atoms with van der Waals surface area (Å²) in [7, 11) is 2.82. The second kappa shape index (κ2) is 5.36. The third-order valence-corrected chi connectivity index (χ3v) is 4.95. The Kier molecular flexibility index (Phi) is 3.62. The fourth-order valence-corrected chi connectivity index (χ4v) is 3.61. The standard InChI is InChI=1S/C15H20N4O4/c1-17-10(9-11(20)18(2)14(17)23)12(21)19-8-4-6-15(19)5-3-7-16-13(15)22/h9H,3-8H2,1-2H3,(H,16,22). The molecule has 3 rings (SSSR count). The molecule has 0 saturated carbocycles. The van der Waals surface area contributed by atoms with Crippen molar-refractivity contribution >= 4 is 11.8 Å². The van der Waals surface area contributed by atoms with Crippen molar-refractivity contribution in [3.05, 3.63) is 32.6 Å². The van der Waals surface area contributed by atoms with E-state index in [1.54, 1.807) is 0 Å². The van der Waals surface area contributed by atoms with Gasteiger partial charge in [-0.25, -0.2) is 4.79 Å². The first-order valence-corrected chi connectivity index (χ1v) is 7.76. The number of piperidine rings is 1. The molecule has 23 heavy (non-hydrogen) atoms. The topological polar surface area (TPSA) is 93.4 Å². The minimum Gasteiger partial charge on any atom is -0.354 e. The highest BCUT2D eigenvalue weighted by molar-refractivity contribution is 5.99. The van der Waals surface area contributed by atoms with E-state index in [0.29, 0.717) is 25.9 Å². The summed E-state index contributed by atoms with van der Waals surface area (Å²) >= 11 is 0. The summed E-state index contributed by atoms with van der Waals surface area (Å²) < 4.78 is 2.11. The van der Waals surface area contributed by atoms with Gasteiger partial charge in [-0.15, -0.1) is 0 Å². The van der Waals surface area contributed by atoms with E-state index in [9.17, 15) is 19.2 Å². The molecule has 1 aromatic rings. The molecule has 1 aromatic heterocycles. The number of nitrogens with one attached hydrogen (secondary N) is 1. The lowest BCUT2D eigenvalue weighted by molar-refractivity contribution is -0.133. The SMILES string of the molecule is Cn1c(C(=O)N2CCCC23CCCNC3=O)cc(=O)n(C)c1=O. The van der Waals surface area contributed by atoms with E-state index in [1.165, 1.54) is 19.0 Å². The maximum Gasteiger partial charge on any atom is 0.331 e. The highest BCUT2D eigenvalue weighted by Gasteiger charge is 2.50. The molecule has 124 valence electrons. The van der Waals surface area contributed by atoms with Gasteiger partial charge in [-0.3, -0.25) is 23.5 Å². The number of likely N-dealkylation sites (tertiary alicyclic amines) is 1. The smallest absolute Gasteiger partial charge is 0.331 e. The molecule has 8 nitrogen and oxygen atoms in total. The Hall–Kier alpha value is -2.38. The first kappa shape index (κ1) is 15.5. The molecule has 1 spiro atoms. The summed E-state index contributed by atoms with van der Waals surface area (Å²) in [5, 5.41) is 2.83. The number of amides is 2. The molecule has 1 atom stereocenters. The molecule has 1 unspecified atom stereocenters. The molecule has 2 saturated heterocycles. The van der Waals surface area contributed by atoms with E-state index < -0.39 is 22.7 Å². The van der Waals surface area contributed by atoms with Crippen molar-refractivity contribution in [1.82, 2.24) is 19.4 Å². The van der Waals surface area contributed by atoms with Crippen LogP contribution >= 0.6 is 0 Å². The quantitative estimate of drug-likeness (QED) is 0.716. The Morgan fingerprint density at radius 2 is 1.83 bits per heavy atom. The predicted octanol–water partition coefficient (Wildman–Crippen LogP) is -1.03. The van der Waals surface area contributed by atoms with Crippen LogP contribution in [0.5, 0.6) is 0 Å². The summed E-state index contributed by atoms with van der Waals surface area (Å²) in [6, 6.07) is 1.16. The lowest BCUT2D eigenvalue weighted by atomic mass is 9.86. The van der Waals surface area contributed by atoms with Gasteiger partial charge in [0.1, 0.15) is 11.2 Å². The van der Waals surface area contributed by atoms with Gasteiger partial charge in [-0.1, -0.05) is 0 Å². The Morgan fingerprint density at radius 1 is 1.13 bits per heavy atom. The van der Waals surface area contributed by atoms with Gasteiger partial charge in [-0.2, -0.15) is 0 Å². The van der Waals surface area contributed by atoms with Crippen molar-refractivity contribution in [2.24, 2.45) is 14.1 Å². The Labute approximate surface area is 132 Å². The molecular weight excluding hydrogens is 300 g/mol. The zero-order valence-corrected chi connectivity index (χ0v) is 13.3. The molecule has 0 radical (unpaired) electrons. The number of aromatic nitrogens is 2. The highest BCUT2D eigenvalue weighted by atomic mass is 16.2. The average molecular weight is 320 g/mol. The molecule has 2 aliphatic heterocycles. The summed E-state index contributed by atoms with van der Waals surface area (Å²) in [6.45, 7) is 1.07. The molecule has 2 aliphatic rings. The normalized spacial score (nSPS) is 24.1. The van der Waals surface area contributed by atoms with Gasteiger partial charge in [-0.05, 0) is 25.7 Å². The third-order valence-electron chi connectivity index (χ3n) is 4.95. The molecule has 1 N–H and O–H groups in total. The van der Waals surface area contributed by atoms with E-state index in [1.807, 2.05) is 0 Å². The van der Waals surface area contributed by atoms with Crippen molar-refractivity contribution < 1.29 is 9.59 Å². The average Bonchev–Trinajstić information content (AvgIpc) is 2.96. The van der Waals surface area contributed by atoms with Gasteiger partial charge in [0.25, 0.3) is 11.5 Å². The second-order valence-electron chi connectivity index (χ2n) is 6.22. The van der Waals surface area contributed by atoms with E-state index in [-0.39, 0.29) is 11.6 Å². The van der Waals surface area contributed by atoms with E-state index in [2.05, 4.69) is 5.32 Å². The third kappa shape index (κ3) is 2.20. The van der Waals surface area contributed by atoms with E-state index in [0.717, 1.165) is 28.0 Å². The van der Waals surface area contributed by atoms with Crippen LogP contribution in [-0.2, 0) is 18.9 Å². The van der Waals surface area contributed by atoms with Crippen LogP contribution in [0, 0.1) is 0 Å². The van der Waals surface area contributed by atoms with Gasteiger partial charge in [0.05, 0.1) is 0 Å². The highest BCUT2D eigenvalue weighted by Crippen LogP contribution is 2.36. The van der Waals surface area contributed by atoms with Gasteiger partial charge >= 0.3 is 5.69 Å². The van der Waals surface area contributed by atoms with E-state index in [4.69, 9.17) is 0 Å². The van der Waals surface area contributed by atoms with Gasteiger partial charge < -0.3 is 10.2 Å². The van der Waals surface area contributed by atoms with Gasteiger partial charge in [0, 0.05) is 33.3 Å². The molecule has 0 aromatic carbocycles. The first-order valence-electron chi connectivity index (χ1n) is 7.76. The van der Waals surface area contributed by atoms with Crippen molar-refractivity contribution in [2.45, 2.75) is 31.2 Å². The number of carbonyl (C=O) groups is 2. The van der Waals surface area contributed by atoms with Gasteiger partial charge in [0.2, 0.25) is 5.91 Å². The summed E-state index contributed by atoms with van der Waals surface area (Å²) in [6.07, 6.45) is 2.77. The van der Waals surface area contributed by atoms with Crippen LogP contribution in [0.3, 0.4) is 0 Å². The Balaban J connectivity index is 2.05. The maximum atomic E-state index is 12.9. The molecule has 8 heteroatoms. The fourth-order valence-electron chi connectivity index (χ4n) is 3.61. The zero-order valence-electron chi connectivity index (χ0n) is 13.3. The second-order valence-corrected chi connectivity index (χ2v) is 6.22. The van der Waals surface area contributed by atoms with Crippen LogP contribution in [0.4, 0.5) is 0 Å². The van der Waals surface area contributed by atoms with E-state index >= 15 is 0 Å². The van der Waals surface area contributed by atoms with Crippen molar-refractivity contribution in [3.63, 3.8) is 0 Å². The summed E-state index contributed by atoms with van der Waals surface area (Å²) in [4.78, 5) is 50.8. The largest absolute Gasteiger partial charge is 0.354 e. The van der Waals surface area contributed by atoms with Crippen LogP contribution in [0.1, 0.15) is 36.2 Å². The molecule has 0 aliphatic carbocycles. The molecule has 2 fully saturated rings. The van der Waals surface area contributed by atoms with Crippen LogP contribution < -0.4 is 16.6 Å². The molecule has 2 amide bonds. The molecule has 3 heterocycles. The Bertz CT molecular complexity index is 794. The zero-order chi connectivity index (χ0) is 16.8. The Morgan fingerprint density at radius 3 is 2.52 bits per heavy atom. The minimum absolute atomic E-state index is 0.0257. The monoisotopic (exact) mass is 320 g/mol. The first-order chi connectivity index (χ1) is 10.9. The number of hydrogen-bond donors (Lipinski definition) is 1. The summed E-state index contributed by atoms with van der Waals surface area (Å²) in [5.74, 6) is -0.569. The van der Waals surface area contributed by atoms with Crippen molar-refractivity contribution in [1.29, 1.82) is 0 Å². The lowest BCUT2D eigenvalue weighted by Crippen LogP contribution is -2.60. The van der Waals surface area contributed by atoms with Crippen molar-refractivity contribution in [3.8, 4) is 0 Å². The van der Waals surface area contributed by atoms with Crippen LogP contribution in [-0.4, -0.2) is 44.5 Å². The van der Waals surface area contributed by atoms with Gasteiger partial charge in [0.15, 0.2) is 0 Å². The number of rotatable bonds is 1. The maximum absolute atomic E-state index is 12.9. The van der Waals surface area contributed by atoms with Crippen LogP contribution in [0.15, 0.2) is 15.7 Å². The minimum atomic E-state index is -0.841. The molecular formula is C15H20N4O4. The lowest BCUT2D eigenvalue weighted by Gasteiger charge is -2.40. The fraction of sp³-hybridized carbons (Fsp3) is 0.600.